The van der Waals surface area contributed by atoms with Gasteiger partial charge in [0.15, 0.2) is 5.13 Å². The molecule has 1 aromatic heterocycles. The number of likely N-dealkylation sites (N-methyl/N-ethyl adjacent to an activating group) is 1. The van der Waals surface area contributed by atoms with Gasteiger partial charge in [-0.2, -0.15) is 4.31 Å². The number of nitrogens with one attached hydrogen (secondary N) is 1. The van der Waals surface area contributed by atoms with Crippen molar-refractivity contribution in [2.75, 3.05) is 45.2 Å². The van der Waals surface area contributed by atoms with Gasteiger partial charge in [0.2, 0.25) is 15.9 Å². The zero-order chi connectivity index (χ0) is 23.4. The van der Waals surface area contributed by atoms with Crippen LogP contribution in [-0.4, -0.2) is 68.3 Å². The highest BCUT2D eigenvalue weighted by atomic mass is 32.2. The van der Waals surface area contributed by atoms with Gasteiger partial charge in [-0.1, -0.05) is 23.5 Å². The Hall–Kier alpha value is -2.79. The maximum atomic E-state index is 13.0. The summed E-state index contributed by atoms with van der Waals surface area (Å²) in [5, 5.41) is 3.17. The number of hydrogen-bond acceptors (Lipinski definition) is 7. The van der Waals surface area contributed by atoms with E-state index < -0.39 is 10.0 Å². The number of carbonyl (C=O) groups excluding carboxylic acids is 1. The summed E-state index contributed by atoms with van der Waals surface area (Å²) >= 11 is 1.25. The van der Waals surface area contributed by atoms with Crippen molar-refractivity contribution in [3.8, 4) is 5.75 Å². The van der Waals surface area contributed by atoms with Gasteiger partial charge in [-0.3, -0.25) is 10.1 Å². The number of nitrogens with zero attached hydrogens (tertiary/aromatic N) is 3. The molecule has 2 heterocycles. The van der Waals surface area contributed by atoms with E-state index in [-0.39, 0.29) is 10.8 Å². The van der Waals surface area contributed by atoms with Gasteiger partial charge in [0.05, 0.1) is 21.7 Å². The monoisotopic (exact) mass is 486 g/mol. The molecule has 0 saturated carbocycles. The van der Waals surface area contributed by atoms with E-state index >= 15 is 0 Å². The largest absolute Gasteiger partial charge is 0.494 e. The first-order chi connectivity index (χ1) is 15.8. The second-order valence-corrected chi connectivity index (χ2v) is 10.6. The van der Waals surface area contributed by atoms with Crippen LogP contribution in [0.25, 0.3) is 16.3 Å². The second-order valence-electron chi connectivity index (χ2n) is 7.68. The summed E-state index contributed by atoms with van der Waals surface area (Å²) in [5.41, 5.74) is 1.51. The highest BCUT2D eigenvalue weighted by Gasteiger charge is 2.27. The fraction of sp³-hybridized carbons (Fsp3) is 0.304. The molecular formula is C23H26N4O4S2. The van der Waals surface area contributed by atoms with E-state index in [9.17, 15) is 13.2 Å². The molecule has 1 fully saturated rings. The molecule has 10 heteroatoms. The predicted octanol–water partition coefficient (Wildman–Crippen LogP) is 3.28. The van der Waals surface area contributed by atoms with E-state index in [4.69, 9.17) is 4.74 Å². The van der Waals surface area contributed by atoms with Gasteiger partial charge in [-0.25, -0.2) is 13.4 Å². The normalized spacial score (nSPS) is 15.8. The first-order valence-corrected chi connectivity index (χ1v) is 12.9. The van der Waals surface area contributed by atoms with Gasteiger partial charge < -0.3 is 9.64 Å². The minimum absolute atomic E-state index is 0.247. The lowest BCUT2D eigenvalue weighted by Crippen LogP contribution is -2.46. The van der Waals surface area contributed by atoms with Crippen molar-refractivity contribution in [3.63, 3.8) is 0 Å². The predicted molar refractivity (Wildman–Crippen MR) is 131 cm³/mol. The fourth-order valence-corrected chi connectivity index (χ4v) is 5.89. The Kier molecular flexibility index (Phi) is 7.08. The van der Waals surface area contributed by atoms with Gasteiger partial charge in [-0.15, -0.1) is 0 Å². The highest BCUT2D eigenvalue weighted by molar-refractivity contribution is 7.89. The smallest absolute Gasteiger partial charge is 0.250 e. The Morgan fingerprint density at radius 2 is 1.88 bits per heavy atom. The van der Waals surface area contributed by atoms with Crippen molar-refractivity contribution in [2.45, 2.75) is 11.8 Å². The van der Waals surface area contributed by atoms with Crippen molar-refractivity contribution in [3.05, 3.63) is 54.1 Å². The lowest BCUT2D eigenvalue weighted by Gasteiger charge is -2.31. The molecule has 3 aromatic rings. The molecule has 4 rings (SSSR count). The minimum atomic E-state index is -3.56. The number of fused-ring (bicyclic) bond motifs is 1. The van der Waals surface area contributed by atoms with Crippen LogP contribution in [0.15, 0.2) is 53.4 Å². The third-order valence-electron chi connectivity index (χ3n) is 5.31. The Morgan fingerprint density at radius 1 is 1.15 bits per heavy atom. The Morgan fingerprint density at radius 3 is 2.58 bits per heavy atom. The van der Waals surface area contributed by atoms with E-state index in [1.54, 1.807) is 24.3 Å². The Balaban J connectivity index is 1.44. The van der Waals surface area contributed by atoms with Gasteiger partial charge >= 0.3 is 0 Å². The number of ether oxygens (including phenoxy) is 1. The maximum Gasteiger partial charge on any atom is 0.250 e. The van der Waals surface area contributed by atoms with Gasteiger partial charge in [0.1, 0.15) is 5.75 Å². The number of thiazole rings is 1. The first-order valence-electron chi connectivity index (χ1n) is 10.7. The number of piperazine rings is 1. The van der Waals surface area contributed by atoms with Crippen LogP contribution in [0.3, 0.4) is 0 Å². The zero-order valence-electron chi connectivity index (χ0n) is 18.5. The summed E-state index contributed by atoms with van der Waals surface area (Å²) in [4.78, 5) is 19.1. The molecule has 33 heavy (non-hydrogen) atoms. The molecule has 2 aromatic carbocycles. The average molecular weight is 487 g/mol. The van der Waals surface area contributed by atoms with Crippen LogP contribution in [0.1, 0.15) is 12.5 Å². The summed E-state index contributed by atoms with van der Waals surface area (Å²) in [6.07, 6.45) is 3.14. The minimum Gasteiger partial charge on any atom is -0.494 e. The fourth-order valence-electron chi connectivity index (χ4n) is 3.46. The van der Waals surface area contributed by atoms with Crippen LogP contribution in [0.2, 0.25) is 0 Å². The quantitative estimate of drug-likeness (QED) is 0.516. The van der Waals surface area contributed by atoms with Crippen LogP contribution < -0.4 is 10.1 Å². The molecule has 174 valence electrons. The van der Waals surface area contributed by atoms with Gasteiger partial charge in [-0.05, 0) is 55.9 Å². The summed E-state index contributed by atoms with van der Waals surface area (Å²) in [6, 6.07) is 12.3. The number of rotatable bonds is 7. The average Bonchev–Trinajstić information content (AvgIpc) is 3.20. The summed E-state index contributed by atoms with van der Waals surface area (Å²) in [5.74, 6) is 0.468. The van der Waals surface area contributed by atoms with Crippen molar-refractivity contribution < 1.29 is 17.9 Å². The van der Waals surface area contributed by atoms with Gasteiger partial charge in [0.25, 0.3) is 0 Å². The molecule has 1 amide bonds. The molecule has 0 spiro atoms. The number of anilines is 1. The topological polar surface area (TPSA) is 91.8 Å². The lowest BCUT2D eigenvalue weighted by atomic mass is 10.2. The van der Waals surface area contributed by atoms with Crippen LogP contribution >= 0.6 is 11.3 Å². The number of carbonyl (C=O) groups is 1. The van der Waals surface area contributed by atoms with Crippen molar-refractivity contribution in [2.24, 2.45) is 0 Å². The van der Waals surface area contributed by atoms with E-state index in [0.717, 1.165) is 11.3 Å². The third kappa shape index (κ3) is 5.59. The lowest BCUT2D eigenvalue weighted by molar-refractivity contribution is -0.111. The van der Waals surface area contributed by atoms with Crippen molar-refractivity contribution in [1.82, 2.24) is 14.2 Å². The summed E-state index contributed by atoms with van der Waals surface area (Å²) in [7, 11) is -1.58. The van der Waals surface area contributed by atoms with Crippen LogP contribution in [0.4, 0.5) is 5.13 Å². The second kappa shape index (κ2) is 10.0. The molecule has 0 bridgehead atoms. The molecule has 1 N–H and O–H groups in total. The zero-order valence-corrected chi connectivity index (χ0v) is 20.2. The number of amides is 1. The number of benzene rings is 2. The van der Waals surface area contributed by atoms with E-state index in [2.05, 4.69) is 15.2 Å². The molecule has 0 aliphatic carbocycles. The molecular weight excluding hydrogens is 460 g/mol. The van der Waals surface area contributed by atoms with Gasteiger partial charge in [0, 0.05) is 32.3 Å². The third-order valence-corrected chi connectivity index (χ3v) is 8.14. The summed E-state index contributed by atoms with van der Waals surface area (Å²) < 4.78 is 33.6. The Labute approximate surface area is 197 Å². The van der Waals surface area contributed by atoms with Crippen molar-refractivity contribution in [1.29, 1.82) is 0 Å². The molecule has 0 atom stereocenters. The first kappa shape index (κ1) is 23.4. The molecule has 1 saturated heterocycles. The van der Waals surface area contributed by atoms with Crippen LogP contribution in [0, 0.1) is 0 Å². The van der Waals surface area contributed by atoms with Crippen LogP contribution in [0.5, 0.6) is 5.75 Å². The Bertz CT molecular complexity index is 1260. The number of hydrogen-bond donors (Lipinski definition) is 1. The summed E-state index contributed by atoms with van der Waals surface area (Å²) in [6.45, 7) is 4.89. The molecule has 8 nitrogen and oxygen atoms in total. The number of aromatic nitrogens is 1. The van der Waals surface area contributed by atoms with Crippen LogP contribution in [-0.2, 0) is 14.8 Å². The SMILES string of the molecule is CCOc1ccc(/C=C/C(=O)Nc2nc3ccc(S(=O)(=O)N4CCN(C)CC4)cc3s2)cc1. The molecule has 1 aliphatic rings. The number of sulfonamides is 1. The standard InChI is InChI=1S/C23H26N4O4S2/c1-3-31-18-7-4-17(5-8-18)6-11-22(28)25-23-24-20-10-9-19(16-21(20)32-23)33(29,30)27-14-12-26(2)13-15-27/h4-11,16H,3,12-15H2,1-2H3,(H,24,25,28)/b11-6+. The molecule has 0 radical (unpaired) electrons. The molecule has 1 aliphatic heterocycles. The maximum absolute atomic E-state index is 13.0. The van der Waals surface area contributed by atoms with E-state index in [1.807, 2.05) is 38.2 Å². The van der Waals surface area contributed by atoms with E-state index in [1.165, 1.54) is 21.7 Å². The van der Waals surface area contributed by atoms with Crippen molar-refractivity contribution >= 4 is 48.7 Å². The van der Waals surface area contributed by atoms with E-state index in [0.29, 0.717) is 48.1 Å². The highest BCUT2D eigenvalue weighted by Crippen LogP contribution is 2.29. The molecule has 0 unspecified atom stereocenters.